The average Bonchev–Trinajstić information content (AvgIpc) is 3.27. The summed E-state index contributed by atoms with van der Waals surface area (Å²) in [5.41, 5.74) is 1.98. The molecule has 1 aliphatic heterocycles. The SMILES string of the molecule is O=C(Cc1ccc(-n2cnnc2)cc1)ON1C(=O)c2ccccc2C1=O. The molecule has 0 bridgehead atoms. The number of hydrogen-bond acceptors (Lipinski definition) is 6. The van der Waals surface area contributed by atoms with Gasteiger partial charge in [-0.3, -0.25) is 14.2 Å². The summed E-state index contributed by atoms with van der Waals surface area (Å²) < 4.78 is 1.72. The molecule has 2 amide bonds. The Balaban J connectivity index is 1.43. The summed E-state index contributed by atoms with van der Waals surface area (Å²) in [5, 5.41) is 7.97. The molecule has 0 unspecified atom stereocenters. The Labute approximate surface area is 147 Å². The number of imide groups is 1. The maximum absolute atomic E-state index is 12.2. The van der Waals surface area contributed by atoms with Crippen LogP contribution in [0.1, 0.15) is 26.3 Å². The Morgan fingerprint density at radius 3 is 2.04 bits per heavy atom. The van der Waals surface area contributed by atoms with Gasteiger partial charge in [0.25, 0.3) is 11.8 Å². The largest absolute Gasteiger partial charge is 0.337 e. The van der Waals surface area contributed by atoms with Gasteiger partial charge in [-0.05, 0) is 29.8 Å². The summed E-state index contributed by atoms with van der Waals surface area (Å²) in [6.07, 6.45) is 3.05. The van der Waals surface area contributed by atoms with E-state index in [-0.39, 0.29) is 17.5 Å². The number of benzene rings is 2. The van der Waals surface area contributed by atoms with Gasteiger partial charge in [0.15, 0.2) is 0 Å². The fraction of sp³-hybridized carbons (Fsp3) is 0.0556. The van der Waals surface area contributed by atoms with Crippen LogP contribution in [0.2, 0.25) is 0 Å². The van der Waals surface area contributed by atoms with Crippen molar-refractivity contribution in [3.8, 4) is 5.69 Å². The third-order valence-corrected chi connectivity index (χ3v) is 3.95. The van der Waals surface area contributed by atoms with E-state index in [0.717, 1.165) is 5.69 Å². The van der Waals surface area contributed by atoms with Crippen LogP contribution < -0.4 is 0 Å². The predicted octanol–water partition coefficient (Wildman–Crippen LogP) is 1.56. The quantitative estimate of drug-likeness (QED) is 0.664. The number of carbonyl (C=O) groups is 3. The van der Waals surface area contributed by atoms with Crippen LogP contribution in [-0.2, 0) is 16.1 Å². The van der Waals surface area contributed by atoms with Gasteiger partial charge in [0.05, 0.1) is 17.5 Å². The highest BCUT2D eigenvalue weighted by molar-refractivity contribution is 6.20. The first-order valence-corrected chi connectivity index (χ1v) is 7.76. The van der Waals surface area contributed by atoms with Crippen LogP contribution in [0.3, 0.4) is 0 Å². The molecule has 4 rings (SSSR count). The molecule has 0 saturated heterocycles. The Kier molecular flexibility index (Phi) is 3.77. The predicted molar refractivity (Wildman–Crippen MR) is 88.1 cm³/mol. The smallest absolute Gasteiger partial charge is 0.329 e. The van der Waals surface area contributed by atoms with Crippen molar-refractivity contribution in [1.29, 1.82) is 0 Å². The van der Waals surface area contributed by atoms with Gasteiger partial charge < -0.3 is 4.84 Å². The maximum Gasteiger partial charge on any atom is 0.337 e. The van der Waals surface area contributed by atoms with Crippen LogP contribution in [0, 0.1) is 0 Å². The average molecular weight is 348 g/mol. The van der Waals surface area contributed by atoms with Gasteiger partial charge in [0.2, 0.25) is 0 Å². The van der Waals surface area contributed by atoms with E-state index in [9.17, 15) is 14.4 Å². The molecular weight excluding hydrogens is 336 g/mol. The first-order valence-electron chi connectivity index (χ1n) is 7.76. The number of rotatable bonds is 4. The highest BCUT2D eigenvalue weighted by Gasteiger charge is 2.38. The van der Waals surface area contributed by atoms with Crippen LogP contribution in [0.4, 0.5) is 0 Å². The fourth-order valence-electron chi connectivity index (χ4n) is 2.67. The normalized spacial score (nSPS) is 13.0. The lowest BCUT2D eigenvalue weighted by Gasteiger charge is -2.12. The van der Waals surface area contributed by atoms with Crippen molar-refractivity contribution < 1.29 is 19.2 Å². The number of nitrogens with zero attached hydrogens (tertiary/aromatic N) is 4. The van der Waals surface area contributed by atoms with Crippen LogP contribution in [0.15, 0.2) is 61.2 Å². The zero-order chi connectivity index (χ0) is 18.1. The van der Waals surface area contributed by atoms with Gasteiger partial charge in [0.1, 0.15) is 12.7 Å². The lowest BCUT2D eigenvalue weighted by molar-refractivity contribution is -0.167. The number of aromatic nitrogens is 3. The molecule has 0 saturated carbocycles. The molecule has 1 aliphatic rings. The summed E-state index contributed by atoms with van der Waals surface area (Å²) in [5.74, 6) is -1.97. The van der Waals surface area contributed by atoms with Crippen molar-refractivity contribution >= 4 is 17.8 Å². The van der Waals surface area contributed by atoms with E-state index in [0.29, 0.717) is 10.6 Å². The van der Waals surface area contributed by atoms with Crippen molar-refractivity contribution in [3.63, 3.8) is 0 Å². The number of hydroxylamine groups is 2. The van der Waals surface area contributed by atoms with E-state index in [1.165, 1.54) is 12.1 Å². The Bertz CT molecular complexity index is 961. The zero-order valence-corrected chi connectivity index (χ0v) is 13.4. The summed E-state index contributed by atoms with van der Waals surface area (Å²) in [7, 11) is 0. The molecule has 0 spiro atoms. The summed E-state index contributed by atoms with van der Waals surface area (Å²) in [6.45, 7) is 0. The first-order chi connectivity index (χ1) is 12.6. The van der Waals surface area contributed by atoms with E-state index in [1.807, 2.05) is 0 Å². The monoisotopic (exact) mass is 348 g/mol. The Morgan fingerprint density at radius 1 is 0.885 bits per heavy atom. The third-order valence-electron chi connectivity index (χ3n) is 3.95. The van der Waals surface area contributed by atoms with Gasteiger partial charge in [-0.25, -0.2) is 4.79 Å². The molecule has 8 nitrogen and oxygen atoms in total. The van der Waals surface area contributed by atoms with E-state index in [2.05, 4.69) is 10.2 Å². The molecule has 0 fully saturated rings. The molecule has 128 valence electrons. The first kappa shape index (κ1) is 15.7. The third kappa shape index (κ3) is 2.73. The van der Waals surface area contributed by atoms with E-state index in [4.69, 9.17) is 4.84 Å². The van der Waals surface area contributed by atoms with Crippen molar-refractivity contribution in [1.82, 2.24) is 19.8 Å². The van der Waals surface area contributed by atoms with Crippen molar-refractivity contribution in [2.75, 3.05) is 0 Å². The zero-order valence-electron chi connectivity index (χ0n) is 13.4. The van der Waals surface area contributed by atoms with Gasteiger partial charge in [-0.2, -0.15) is 0 Å². The molecule has 3 aromatic rings. The molecule has 0 aliphatic carbocycles. The maximum atomic E-state index is 12.2. The number of amides is 2. The minimum Gasteiger partial charge on any atom is -0.329 e. The molecule has 2 heterocycles. The summed E-state index contributed by atoms with van der Waals surface area (Å²) in [6, 6.07) is 13.4. The van der Waals surface area contributed by atoms with Gasteiger partial charge in [0, 0.05) is 5.69 Å². The van der Waals surface area contributed by atoms with Crippen molar-refractivity contribution in [3.05, 3.63) is 77.9 Å². The number of fused-ring (bicyclic) bond motifs is 1. The fourth-order valence-corrected chi connectivity index (χ4v) is 2.67. The lowest BCUT2D eigenvalue weighted by atomic mass is 10.1. The van der Waals surface area contributed by atoms with Crippen molar-refractivity contribution in [2.24, 2.45) is 0 Å². The van der Waals surface area contributed by atoms with Crippen LogP contribution >= 0.6 is 0 Å². The molecule has 2 aromatic carbocycles. The Hall–Kier alpha value is -3.81. The van der Waals surface area contributed by atoms with E-state index >= 15 is 0 Å². The van der Waals surface area contributed by atoms with Gasteiger partial charge >= 0.3 is 5.97 Å². The molecule has 0 radical (unpaired) electrons. The lowest BCUT2D eigenvalue weighted by Crippen LogP contribution is -2.33. The number of hydrogen-bond donors (Lipinski definition) is 0. The van der Waals surface area contributed by atoms with Crippen LogP contribution in [0.5, 0.6) is 0 Å². The van der Waals surface area contributed by atoms with Crippen molar-refractivity contribution in [2.45, 2.75) is 6.42 Å². The summed E-state index contributed by atoms with van der Waals surface area (Å²) in [4.78, 5) is 41.5. The highest BCUT2D eigenvalue weighted by atomic mass is 16.7. The topological polar surface area (TPSA) is 94.4 Å². The molecule has 8 heteroatoms. The van der Waals surface area contributed by atoms with Crippen LogP contribution in [-0.4, -0.2) is 37.6 Å². The van der Waals surface area contributed by atoms with E-state index in [1.54, 1.807) is 53.6 Å². The summed E-state index contributed by atoms with van der Waals surface area (Å²) >= 11 is 0. The minimum atomic E-state index is -0.698. The minimum absolute atomic E-state index is 0.0735. The molecule has 0 atom stereocenters. The molecular formula is C18H12N4O4. The second kappa shape index (κ2) is 6.25. The molecule has 1 aromatic heterocycles. The van der Waals surface area contributed by atoms with Crippen LogP contribution in [0.25, 0.3) is 5.69 Å². The van der Waals surface area contributed by atoms with Gasteiger partial charge in [-0.15, -0.1) is 10.2 Å². The second-order valence-corrected chi connectivity index (χ2v) is 5.63. The standard InChI is InChI=1S/C18H12N4O4/c23-16(9-12-5-7-13(8-6-12)21-10-19-20-11-21)26-22-17(24)14-3-1-2-4-15(14)18(22)25/h1-8,10-11H,9H2. The highest BCUT2D eigenvalue weighted by Crippen LogP contribution is 2.23. The van der Waals surface area contributed by atoms with Gasteiger partial charge in [-0.1, -0.05) is 29.3 Å². The van der Waals surface area contributed by atoms with E-state index < -0.39 is 17.8 Å². The Morgan fingerprint density at radius 2 is 1.46 bits per heavy atom. The second-order valence-electron chi connectivity index (χ2n) is 5.63. The molecule has 26 heavy (non-hydrogen) atoms. The molecule has 0 N–H and O–H groups in total. The number of carbonyl (C=O) groups excluding carboxylic acids is 3.